The van der Waals surface area contributed by atoms with Gasteiger partial charge >= 0.3 is 5.97 Å². The van der Waals surface area contributed by atoms with Crippen LogP contribution in [0.15, 0.2) is 39.8 Å². The number of carbonyl (C=O) groups is 1. The van der Waals surface area contributed by atoms with Crippen LogP contribution in [0.1, 0.15) is 23.2 Å². The molecule has 1 fully saturated rings. The van der Waals surface area contributed by atoms with E-state index in [1.165, 1.54) is 18.4 Å². The Bertz CT molecular complexity index is 902. The summed E-state index contributed by atoms with van der Waals surface area (Å²) in [6.45, 7) is 0.792. The van der Waals surface area contributed by atoms with Crippen molar-refractivity contribution in [1.82, 2.24) is 4.72 Å². The molecule has 120 valence electrons. The molecule has 2 aliphatic rings. The highest BCUT2D eigenvalue weighted by Gasteiger charge is 2.38. The molecule has 1 saturated heterocycles. The van der Waals surface area contributed by atoms with Crippen LogP contribution in [-0.2, 0) is 10.0 Å². The topological polar surface area (TPSA) is 99.8 Å². The molecule has 0 saturated carbocycles. The van der Waals surface area contributed by atoms with Crippen LogP contribution in [0.4, 0.5) is 5.69 Å². The van der Waals surface area contributed by atoms with Gasteiger partial charge in [0.25, 0.3) is 0 Å². The number of aromatic carboxylic acids is 1. The van der Waals surface area contributed by atoms with Gasteiger partial charge in [-0.2, -0.15) is 4.72 Å². The van der Waals surface area contributed by atoms with Gasteiger partial charge in [0.1, 0.15) is 16.2 Å². The van der Waals surface area contributed by atoms with E-state index < -0.39 is 16.0 Å². The molecule has 23 heavy (non-hydrogen) atoms. The Morgan fingerprint density at radius 3 is 2.96 bits per heavy atom. The number of rotatable bonds is 2. The van der Waals surface area contributed by atoms with Crippen LogP contribution >= 0.6 is 0 Å². The maximum atomic E-state index is 12.5. The lowest BCUT2D eigenvalue weighted by molar-refractivity contribution is 0.0697. The number of hydrogen-bond acceptors (Lipinski definition) is 5. The Morgan fingerprint density at radius 2 is 2.17 bits per heavy atom. The van der Waals surface area contributed by atoms with Gasteiger partial charge < -0.3 is 14.4 Å². The van der Waals surface area contributed by atoms with E-state index in [4.69, 9.17) is 4.42 Å². The number of carboxylic acid groups (broad SMARTS) is 1. The molecule has 0 spiro atoms. The van der Waals surface area contributed by atoms with Crippen LogP contribution in [0.2, 0.25) is 0 Å². The summed E-state index contributed by atoms with van der Waals surface area (Å²) >= 11 is 0. The zero-order valence-electron chi connectivity index (χ0n) is 12.0. The second-order valence-corrected chi connectivity index (χ2v) is 7.31. The molecule has 2 aromatic rings. The van der Waals surface area contributed by atoms with E-state index in [9.17, 15) is 18.3 Å². The third-order valence-electron chi connectivity index (χ3n) is 4.26. The van der Waals surface area contributed by atoms with E-state index >= 15 is 0 Å². The first-order valence-corrected chi connectivity index (χ1v) is 8.70. The highest BCUT2D eigenvalue weighted by molar-refractivity contribution is 7.89. The van der Waals surface area contributed by atoms with E-state index in [1.54, 1.807) is 12.1 Å². The predicted molar refractivity (Wildman–Crippen MR) is 81.8 cm³/mol. The molecule has 0 aliphatic carbocycles. The number of benzene rings is 1. The molecule has 2 N–H and O–H groups in total. The minimum absolute atomic E-state index is 0.00478. The highest BCUT2D eigenvalue weighted by Crippen LogP contribution is 2.38. The van der Waals surface area contributed by atoms with Crippen molar-refractivity contribution in [2.75, 3.05) is 11.4 Å². The second kappa shape index (κ2) is 4.84. The Balaban J connectivity index is 1.88. The summed E-state index contributed by atoms with van der Waals surface area (Å²) < 4.78 is 32.9. The van der Waals surface area contributed by atoms with Crippen molar-refractivity contribution in [2.45, 2.75) is 23.9 Å². The summed E-state index contributed by atoms with van der Waals surface area (Å²) in [5, 5.41) is 9.18. The molecule has 7 nitrogen and oxygen atoms in total. The lowest BCUT2D eigenvalue weighted by Gasteiger charge is -2.34. The summed E-state index contributed by atoms with van der Waals surface area (Å²) in [5.41, 5.74) is 1.08. The van der Waals surface area contributed by atoms with Crippen LogP contribution in [0.25, 0.3) is 11.3 Å². The average Bonchev–Trinajstić information content (AvgIpc) is 3.14. The van der Waals surface area contributed by atoms with Gasteiger partial charge in [0.05, 0.1) is 18.1 Å². The number of anilines is 1. The number of furan rings is 1. The van der Waals surface area contributed by atoms with Gasteiger partial charge in [-0.3, -0.25) is 0 Å². The van der Waals surface area contributed by atoms with E-state index in [-0.39, 0.29) is 22.4 Å². The summed E-state index contributed by atoms with van der Waals surface area (Å²) in [7, 11) is -3.62. The van der Waals surface area contributed by atoms with Gasteiger partial charge in [0.2, 0.25) is 10.0 Å². The largest absolute Gasteiger partial charge is 0.478 e. The van der Waals surface area contributed by atoms with Gasteiger partial charge in [0, 0.05) is 12.1 Å². The Morgan fingerprint density at radius 1 is 1.35 bits per heavy atom. The van der Waals surface area contributed by atoms with Crippen molar-refractivity contribution in [3.63, 3.8) is 0 Å². The third-order valence-corrected chi connectivity index (χ3v) is 5.75. The molecule has 2 aliphatic heterocycles. The van der Waals surface area contributed by atoms with Crippen molar-refractivity contribution in [1.29, 1.82) is 0 Å². The summed E-state index contributed by atoms with van der Waals surface area (Å²) in [6.07, 6.45) is 2.79. The first-order chi connectivity index (χ1) is 11.0. The molecule has 1 aromatic heterocycles. The van der Waals surface area contributed by atoms with Crippen LogP contribution in [0, 0.1) is 0 Å². The van der Waals surface area contributed by atoms with Gasteiger partial charge in [0.15, 0.2) is 0 Å². The zero-order chi connectivity index (χ0) is 16.2. The number of fused-ring (bicyclic) bond motifs is 3. The van der Waals surface area contributed by atoms with E-state index in [0.29, 0.717) is 11.3 Å². The molecular weight excluding hydrogens is 320 g/mol. The lowest BCUT2D eigenvalue weighted by atomic mass is 10.1. The fourth-order valence-corrected chi connectivity index (χ4v) is 4.70. The van der Waals surface area contributed by atoms with Crippen LogP contribution < -0.4 is 9.62 Å². The second-order valence-electron chi connectivity index (χ2n) is 5.62. The molecule has 0 bridgehead atoms. The smallest absolute Gasteiger partial charge is 0.339 e. The van der Waals surface area contributed by atoms with Crippen LogP contribution in [-0.4, -0.2) is 32.2 Å². The molecular formula is C15H14N2O5S. The quantitative estimate of drug-likeness (QED) is 0.869. The van der Waals surface area contributed by atoms with Crippen molar-refractivity contribution in [3.8, 4) is 11.3 Å². The summed E-state index contributed by atoms with van der Waals surface area (Å²) in [6, 6.07) is 6.23. The lowest BCUT2D eigenvalue weighted by Crippen LogP contribution is -2.48. The first kappa shape index (κ1) is 14.3. The molecule has 3 heterocycles. The monoisotopic (exact) mass is 334 g/mol. The van der Waals surface area contributed by atoms with Crippen LogP contribution in [0.3, 0.4) is 0 Å². The van der Waals surface area contributed by atoms with E-state index in [0.717, 1.165) is 19.4 Å². The molecule has 1 aromatic carbocycles. The summed E-state index contributed by atoms with van der Waals surface area (Å²) in [5.74, 6) is -0.967. The minimum Gasteiger partial charge on any atom is -0.478 e. The van der Waals surface area contributed by atoms with Gasteiger partial charge in [-0.25, -0.2) is 13.2 Å². The molecule has 4 rings (SSSR count). The first-order valence-electron chi connectivity index (χ1n) is 7.21. The number of carboxylic acids is 1. The molecule has 0 radical (unpaired) electrons. The van der Waals surface area contributed by atoms with Crippen molar-refractivity contribution >= 4 is 21.7 Å². The van der Waals surface area contributed by atoms with Gasteiger partial charge in [-0.15, -0.1) is 0 Å². The number of hydrogen-bond donors (Lipinski definition) is 2. The Kier molecular flexibility index (Phi) is 3.00. The maximum Gasteiger partial charge on any atom is 0.339 e. The van der Waals surface area contributed by atoms with E-state index in [1.807, 2.05) is 4.90 Å². The third kappa shape index (κ3) is 2.13. The fourth-order valence-electron chi connectivity index (χ4n) is 3.23. The molecule has 8 heteroatoms. The number of nitrogens with zero attached hydrogens (tertiary/aromatic N) is 1. The predicted octanol–water partition coefficient (Wildman–Crippen LogP) is 1.86. The highest BCUT2D eigenvalue weighted by atomic mass is 32.2. The number of sulfonamides is 1. The maximum absolute atomic E-state index is 12.5. The zero-order valence-corrected chi connectivity index (χ0v) is 12.8. The fraction of sp³-hybridized carbons (Fsp3) is 0.267. The van der Waals surface area contributed by atoms with Gasteiger partial charge in [-0.1, -0.05) is 0 Å². The molecule has 1 unspecified atom stereocenters. The minimum atomic E-state index is -3.62. The normalized spacial score (nSPS) is 21.7. The Labute approximate surface area is 132 Å². The van der Waals surface area contributed by atoms with E-state index in [2.05, 4.69) is 4.72 Å². The van der Waals surface area contributed by atoms with Crippen LogP contribution in [0.5, 0.6) is 0 Å². The van der Waals surface area contributed by atoms with Gasteiger partial charge in [-0.05, 0) is 37.1 Å². The van der Waals surface area contributed by atoms with Crippen molar-refractivity contribution in [2.24, 2.45) is 0 Å². The Hall–Kier alpha value is -2.32. The summed E-state index contributed by atoms with van der Waals surface area (Å²) in [4.78, 5) is 13.4. The standard InChI is InChI=1S/C15H14N2O5S/c18-15(19)10-5-7-22-14(10)9-3-4-11-12(8-9)23(20,21)16-13-2-1-6-17(11)13/h3-5,7-8,13,16H,1-2,6H2,(H,18,19). The number of nitrogens with one attached hydrogen (secondary N) is 1. The SMILES string of the molecule is O=C(O)c1ccoc1-c1ccc2c(c1)S(=O)(=O)NC1CCCN21. The van der Waals surface area contributed by atoms with Crippen molar-refractivity contribution < 1.29 is 22.7 Å². The average molecular weight is 334 g/mol. The molecule has 1 atom stereocenters. The molecule has 0 amide bonds. The van der Waals surface area contributed by atoms with Crippen molar-refractivity contribution in [3.05, 3.63) is 36.1 Å².